The van der Waals surface area contributed by atoms with Crippen LogP contribution in [0, 0.1) is 11.3 Å². The van der Waals surface area contributed by atoms with Gasteiger partial charge in [0.05, 0.1) is 12.7 Å². The monoisotopic (exact) mass is 505 g/mol. The van der Waals surface area contributed by atoms with E-state index in [1.54, 1.807) is 6.08 Å². The molecule has 1 aliphatic heterocycles. The number of aliphatic hydroxyl groups excluding tert-OH is 2. The van der Waals surface area contributed by atoms with Gasteiger partial charge in [-0.25, -0.2) is 4.57 Å². The van der Waals surface area contributed by atoms with Crippen molar-refractivity contribution in [3.8, 4) is 0 Å². The molecule has 0 aromatic carbocycles. The van der Waals surface area contributed by atoms with Gasteiger partial charge < -0.3 is 30.5 Å². The van der Waals surface area contributed by atoms with Crippen molar-refractivity contribution in [3.05, 3.63) is 12.2 Å². The molecule has 0 spiro atoms. The molecule has 6 atom stereocenters. The third-order valence-corrected chi connectivity index (χ3v) is 7.69. The molecule has 0 aromatic heterocycles. The third-order valence-electron chi connectivity index (χ3n) is 7.20. The first-order chi connectivity index (χ1) is 16.0. The number of carbonyl (C=O) groups excluding carboxylic acids is 2. The Morgan fingerprint density at radius 1 is 1.09 bits per heavy atom. The van der Waals surface area contributed by atoms with E-state index >= 15 is 0 Å². The smallest absolute Gasteiger partial charge is 0.388 e. The van der Waals surface area contributed by atoms with Gasteiger partial charge in [-0.15, -0.1) is 0 Å². The highest BCUT2D eigenvalue weighted by Gasteiger charge is 2.52. The molecular formula is C23H40NO9P. The molecule has 1 amide bonds. The number of amides is 1. The van der Waals surface area contributed by atoms with Crippen molar-refractivity contribution in [2.75, 3.05) is 6.61 Å². The summed E-state index contributed by atoms with van der Waals surface area (Å²) in [6.45, 7) is 1.27. The molecule has 10 nitrogen and oxygen atoms in total. The average molecular weight is 506 g/mol. The Bertz CT molecular complexity index is 755. The van der Waals surface area contributed by atoms with Crippen LogP contribution in [0.5, 0.6) is 0 Å². The summed E-state index contributed by atoms with van der Waals surface area (Å²) in [5, 5.41) is 21.5. The number of Topliss-reactive ketones (excluding diaryl/α,β-unsaturated/α-hetero) is 1. The largest absolute Gasteiger partial charge is 0.469 e. The van der Waals surface area contributed by atoms with Crippen molar-refractivity contribution in [2.24, 2.45) is 17.1 Å². The quantitative estimate of drug-likeness (QED) is 0.232. The molecule has 196 valence electrons. The molecule has 0 bridgehead atoms. The maximum atomic E-state index is 12.6. The first kappa shape index (κ1) is 29.1. The number of hydrogen-bond donors (Lipinski definition) is 5. The summed E-state index contributed by atoms with van der Waals surface area (Å²) in [7, 11) is -4.79. The second-order valence-electron chi connectivity index (χ2n) is 9.60. The molecule has 1 saturated carbocycles. The number of allylic oxidation sites excluding steroid dienone is 1. The molecule has 1 aliphatic carbocycles. The minimum atomic E-state index is -4.79. The van der Waals surface area contributed by atoms with E-state index in [0.717, 1.165) is 38.5 Å². The SMILES string of the molecule is CCC(=O)C1CCCCCCCC(C/C=C\C(N)=O)(C2OC(COP(=O)(O)O)C(O)C2O)CC1. The van der Waals surface area contributed by atoms with Gasteiger partial charge in [-0.2, -0.15) is 0 Å². The molecule has 6 unspecified atom stereocenters. The zero-order valence-corrected chi connectivity index (χ0v) is 20.8. The second-order valence-corrected chi connectivity index (χ2v) is 10.8. The van der Waals surface area contributed by atoms with Gasteiger partial charge in [0.2, 0.25) is 5.91 Å². The van der Waals surface area contributed by atoms with Crippen LogP contribution in [0.4, 0.5) is 0 Å². The van der Waals surface area contributed by atoms with Crippen molar-refractivity contribution in [3.63, 3.8) is 0 Å². The molecule has 1 heterocycles. The number of hydrogen-bond acceptors (Lipinski definition) is 7. The Morgan fingerprint density at radius 3 is 2.41 bits per heavy atom. The van der Waals surface area contributed by atoms with Gasteiger partial charge in [-0.3, -0.25) is 14.1 Å². The fourth-order valence-electron chi connectivity index (χ4n) is 5.32. The molecule has 11 heteroatoms. The lowest BCUT2D eigenvalue weighted by molar-refractivity contribution is -0.124. The molecule has 2 aliphatic rings. The number of nitrogens with two attached hydrogens (primary N) is 1. The maximum Gasteiger partial charge on any atom is 0.469 e. The van der Waals surface area contributed by atoms with Crippen molar-refractivity contribution in [1.82, 2.24) is 0 Å². The Labute approximate surface area is 201 Å². The highest BCUT2D eigenvalue weighted by atomic mass is 31.2. The van der Waals surface area contributed by atoms with Crippen molar-refractivity contribution < 1.29 is 43.4 Å². The minimum Gasteiger partial charge on any atom is -0.388 e. The molecular weight excluding hydrogens is 465 g/mol. The van der Waals surface area contributed by atoms with E-state index in [1.807, 2.05) is 6.92 Å². The normalized spacial score (nSPS) is 34.1. The summed E-state index contributed by atoms with van der Waals surface area (Å²) in [4.78, 5) is 42.0. The summed E-state index contributed by atoms with van der Waals surface area (Å²) in [5.74, 6) is -0.520. The number of phosphoric ester groups is 1. The molecule has 1 saturated heterocycles. The first-order valence-electron chi connectivity index (χ1n) is 12.2. The number of ketones is 1. The van der Waals surface area contributed by atoms with Crippen LogP contribution < -0.4 is 5.73 Å². The number of carbonyl (C=O) groups is 2. The van der Waals surface area contributed by atoms with Crippen LogP contribution >= 0.6 is 7.82 Å². The van der Waals surface area contributed by atoms with Gasteiger partial charge in [-0.1, -0.05) is 45.1 Å². The number of rotatable bonds is 9. The summed E-state index contributed by atoms with van der Waals surface area (Å²) >= 11 is 0. The van der Waals surface area contributed by atoms with Gasteiger partial charge in [0, 0.05) is 17.8 Å². The van der Waals surface area contributed by atoms with Crippen LogP contribution in [0.25, 0.3) is 0 Å². The fraction of sp³-hybridized carbons (Fsp3) is 0.826. The van der Waals surface area contributed by atoms with E-state index in [4.69, 9.17) is 20.3 Å². The van der Waals surface area contributed by atoms with Gasteiger partial charge in [0.1, 0.15) is 24.1 Å². The standard InChI is InChI=1S/C23H40NO9P/c1-2-17(25)16-9-6-4-3-5-7-12-23(14-11-16,13-8-10-19(24)26)22-21(28)20(27)18(33-22)15-32-34(29,30)31/h8,10,16,18,20-22,27-28H,2-7,9,11-15H2,1H3,(H2,24,26)(H2,29,30,31)/b10-8-. The lowest BCUT2D eigenvalue weighted by atomic mass is 9.68. The third kappa shape index (κ3) is 8.52. The predicted octanol–water partition coefficient (Wildman–Crippen LogP) is 2.12. The summed E-state index contributed by atoms with van der Waals surface area (Å²) < 4.78 is 21.7. The number of aliphatic hydroxyl groups is 2. The van der Waals surface area contributed by atoms with Crippen LogP contribution in [0.1, 0.15) is 77.6 Å². The van der Waals surface area contributed by atoms with Gasteiger partial charge >= 0.3 is 7.82 Å². The van der Waals surface area contributed by atoms with Crippen molar-refractivity contribution in [2.45, 2.75) is 102 Å². The van der Waals surface area contributed by atoms with Crippen LogP contribution in [-0.2, 0) is 23.4 Å². The van der Waals surface area contributed by atoms with Crippen molar-refractivity contribution >= 4 is 19.5 Å². The summed E-state index contributed by atoms with van der Waals surface area (Å²) in [5.41, 5.74) is 4.57. The highest BCUT2D eigenvalue weighted by molar-refractivity contribution is 7.46. The molecule has 2 fully saturated rings. The van der Waals surface area contributed by atoms with E-state index < -0.39 is 50.2 Å². The van der Waals surface area contributed by atoms with E-state index in [-0.39, 0.29) is 11.7 Å². The van der Waals surface area contributed by atoms with Crippen LogP contribution in [0.3, 0.4) is 0 Å². The Morgan fingerprint density at radius 2 is 1.76 bits per heavy atom. The molecule has 0 radical (unpaired) electrons. The Kier molecular flexibility index (Phi) is 11.3. The van der Waals surface area contributed by atoms with Crippen LogP contribution in [0.15, 0.2) is 12.2 Å². The average Bonchev–Trinajstić information content (AvgIpc) is 3.03. The van der Waals surface area contributed by atoms with E-state index in [2.05, 4.69) is 4.52 Å². The Hall–Kier alpha value is -1.13. The van der Waals surface area contributed by atoms with E-state index in [1.165, 1.54) is 6.08 Å². The molecule has 2 rings (SSSR count). The minimum absolute atomic E-state index is 0.111. The van der Waals surface area contributed by atoms with E-state index in [0.29, 0.717) is 32.1 Å². The van der Waals surface area contributed by atoms with Crippen LogP contribution in [0.2, 0.25) is 0 Å². The number of phosphoric acid groups is 1. The Balaban J connectivity index is 2.36. The fourth-order valence-corrected chi connectivity index (χ4v) is 5.66. The highest BCUT2D eigenvalue weighted by Crippen LogP contribution is 2.47. The predicted molar refractivity (Wildman–Crippen MR) is 124 cm³/mol. The topological polar surface area (TPSA) is 177 Å². The number of ether oxygens (including phenoxy) is 1. The van der Waals surface area contributed by atoms with Gasteiger partial charge in [-0.05, 0) is 38.2 Å². The molecule has 0 aromatic rings. The van der Waals surface area contributed by atoms with Crippen molar-refractivity contribution in [1.29, 1.82) is 0 Å². The lowest BCUT2D eigenvalue weighted by Gasteiger charge is -2.40. The first-order valence-corrected chi connectivity index (χ1v) is 13.7. The molecule has 34 heavy (non-hydrogen) atoms. The lowest BCUT2D eigenvalue weighted by Crippen LogP contribution is -2.44. The van der Waals surface area contributed by atoms with Gasteiger partial charge in [0.15, 0.2) is 0 Å². The summed E-state index contributed by atoms with van der Waals surface area (Å²) in [6, 6.07) is 0. The maximum absolute atomic E-state index is 12.6. The zero-order chi connectivity index (χ0) is 25.4. The zero-order valence-electron chi connectivity index (χ0n) is 19.9. The summed E-state index contributed by atoms with van der Waals surface area (Å²) in [6.07, 6.45) is 6.34. The number of primary amides is 1. The second kappa shape index (κ2) is 13.3. The van der Waals surface area contributed by atoms with E-state index in [9.17, 15) is 24.4 Å². The molecule has 6 N–H and O–H groups in total. The van der Waals surface area contributed by atoms with Gasteiger partial charge in [0.25, 0.3) is 0 Å². The van der Waals surface area contributed by atoms with Crippen LogP contribution in [-0.4, -0.2) is 62.7 Å².